The highest BCUT2D eigenvalue weighted by Gasteiger charge is 2.68. The van der Waals surface area contributed by atoms with Crippen molar-refractivity contribution in [1.82, 2.24) is 0 Å². The van der Waals surface area contributed by atoms with Crippen molar-refractivity contribution in [3.05, 3.63) is 22.8 Å². The Morgan fingerprint density at radius 2 is 1.90 bits per heavy atom. The van der Waals surface area contributed by atoms with Crippen LogP contribution in [0.25, 0.3) is 0 Å². The number of phenolic OH excluding ortho intramolecular Hbond substituents is 1. The second-order valence-electron chi connectivity index (χ2n) is 10.2. The van der Waals surface area contributed by atoms with E-state index in [4.69, 9.17) is 4.74 Å². The molecule has 0 bridgehead atoms. The molecule has 6 atom stereocenters. The third-order valence-electron chi connectivity index (χ3n) is 8.53. The molecule has 2 aliphatic carbocycles. The van der Waals surface area contributed by atoms with Crippen molar-refractivity contribution in [1.29, 1.82) is 0 Å². The zero-order chi connectivity index (χ0) is 22.2. The van der Waals surface area contributed by atoms with Crippen LogP contribution < -0.4 is 4.74 Å². The lowest BCUT2D eigenvalue weighted by molar-refractivity contribution is -0.240. The van der Waals surface area contributed by atoms with Gasteiger partial charge in [-0.1, -0.05) is 27.7 Å². The van der Waals surface area contributed by atoms with Crippen LogP contribution in [0.1, 0.15) is 73.2 Å². The van der Waals surface area contributed by atoms with Gasteiger partial charge in [0.05, 0.1) is 12.2 Å². The largest absolute Gasteiger partial charge is 0.508 e. The summed E-state index contributed by atoms with van der Waals surface area (Å²) in [5.41, 5.74) is -1.97. The minimum atomic E-state index is -1.28. The molecule has 7 nitrogen and oxygen atoms in total. The van der Waals surface area contributed by atoms with E-state index in [0.717, 1.165) is 12.8 Å². The van der Waals surface area contributed by atoms with Crippen molar-refractivity contribution in [2.24, 2.45) is 22.7 Å². The number of carboxylic acid groups (broad SMARTS) is 1. The molecule has 0 radical (unpaired) electrons. The van der Waals surface area contributed by atoms with Crippen LogP contribution in [-0.4, -0.2) is 50.5 Å². The summed E-state index contributed by atoms with van der Waals surface area (Å²) in [6.45, 7) is 8.02. The zero-order valence-corrected chi connectivity index (χ0v) is 17.8. The normalized spacial score (nSPS) is 39.1. The van der Waals surface area contributed by atoms with Crippen molar-refractivity contribution in [3.63, 3.8) is 0 Å². The summed E-state index contributed by atoms with van der Waals surface area (Å²) < 4.78 is 6.52. The number of aromatic carboxylic acids is 1. The van der Waals surface area contributed by atoms with Gasteiger partial charge in [-0.3, -0.25) is 4.79 Å². The number of carbonyl (C=O) groups excluding carboxylic acids is 1. The van der Waals surface area contributed by atoms with E-state index in [9.17, 15) is 30.0 Å². The zero-order valence-electron chi connectivity index (χ0n) is 17.8. The molecule has 3 aliphatic rings. The van der Waals surface area contributed by atoms with Crippen LogP contribution in [0.3, 0.4) is 0 Å². The van der Waals surface area contributed by atoms with Gasteiger partial charge in [0.1, 0.15) is 22.7 Å². The molecule has 1 aromatic carbocycles. The Bertz CT molecular complexity index is 923. The van der Waals surface area contributed by atoms with Gasteiger partial charge in [0.15, 0.2) is 6.29 Å². The first-order valence-electron chi connectivity index (χ1n) is 10.5. The molecule has 1 spiro atoms. The van der Waals surface area contributed by atoms with Crippen molar-refractivity contribution in [2.45, 2.75) is 71.2 Å². The topological polar surface area (TPSA) is 124 Å². The van der Waals surface area contributed by atoms with E-state index in [2.05, 4.69) is 6.92 Å². The molecular formula is C23H30O7. The molecular weight excluding hydrogens is 388 g/mol. The summed E-state index contributed by atoms with van der Waals surface area (Å²) in [6.07, 6.45) is 0.877. The molecule has 1 aromatic rings. The number of rotatable bonds is 2. The van der Waals surface area contributed by atoms with E-state index >= 15 is 0 Å². The lowest BCUT2D eigenvalue weighted by Crippen LogP contribution is -2.69. The molecule has 1 aliphatic heterocycles. The summed E-state index contributed by atoms with van der Waals surface area (Å²) >= 11 is 0. The van der Waals surface area contributed by atoms with Gasteiger partial charge in [-0.05, 0) is 42.6 Å². The lowest BCUT2D eigenvalue weighted by atomic mass is 9.43. The van der Waals surface area contributed by atoms with E-state index in [0.29, 0.717) is 24.7 Å². The Balaban J connectivity index is 1.91. The fraction of sp³-hybridized carbons (Fsp3) is 0.652. The SMILES string of the molecule is C[C@@H]1CC[C@H]2C(C)(C)[C@H](O)[C@H](O)C[C@]2(C)[C@@]12Cc1c(O)cc(C=O)c(C(=O)O)c1O2. The average Bonchev–Trinajstić information content (AvgIpc) is 3.07. The standard InChI is InChI=1S/C23H30O7/c1-11-5-6-16-21(2,3)19(27)15(26)9-22(16,4)23(11)8-13-14(25)7-12(10-24)17(20(28)29)18(13)30-23/h7,10-11,15-16,19,25-27H,5-6,8-9H2,1-4H3,(H,28,29)/t11-,15-,16+,19-,22+,23-/m1/s1. The molecule has 0 saturated heterocycles. The van der Waals surface area contributed by atoms with Crippen LogP contribution >= 0.6 is 0 Å². The van der Waals surface area contributed by atoms with Crippen LogP contribution in [0.5, 0.6) is 11.5 Å². The van der Waals surface area contributed by atoms with Crippen molar-refractivity contribution < 1.29 is 34.8 Å². The molecule has 7 heteroatoms. The molecule has 30 heavy (non-hydrogen) atoms. The molecule has 2 saturated carbocycles. The van der Waals surface area contributed by atoms with Gasteiger partial charge in [-0.15, -0.1) is 0 Å². The number of phenols is 1. The number of benzene rings is 1. The predicted octanol–water partition coefficient (Wildman–Crippen LogP) is 2.78. The number of aromatic hydroxyl groups is 1. The molecule has 164 valence electrons. The first-order chi connectivity index (χ1) is 13.9. The maximum atomic E-state index is 12.0. The van der Waals surface area contributed by atoms with Crippen molar-refractivity contribution >= 4 is 12.3 Å². The van der Waals surface area contributed by atoms with Crippen LogP contribution in [0, 0.1) is 22.7 Å². The van der Waals surface area contributed by atoms with Gasteiger partial charge < -0.3 is 25.2 Å². The summed E-state index contributed by atoms with van der Waals surface area (Å²) in [4.78, 5) is 23.5. The Morgan fingerprint density at radius 1 is 1.23 bits per heavy atom. The van der Waals surface area contributed by atoms with Crippen LogP contribution in [-0.2, 0) is 6.42 Å². The molecule has 4 rings (SSSR count). The number of fused-ring (bicyclic) bond motifs is 3. The van der Waals surface area contributed by atoms with Crippen LogP contribution in [0.2, 0.25) is 0 Å². The highest BCUT2D eigenvalue weighted by Crippen LogP contribution is 2.66. The number of carbonyl (C=O) groups is 2. The fourth-order valence-corrected chi connectivity index (χ4v) is 6.96. The molecule has 0 amide bonds. The number of hydrogen-bond acceptors (Lipinski definition) is 6. The molecule has 4 N–H and O–H groups in total. The molecule has 1 heterocycles. The van der Waals surface area contributed by atoms with Gasteiger partial charge in [-0.25, -0.2) is 4.79 Å². The first kappa shape index (κ1) is 21.1. The van der Waals surface area contributed by atoms with Gasteiger partial charge in [0.2, 0.25) is 0 Å². The van der Waals surface area contributed by atoms with E-state index < -0.39 is 34.6 Å². The van der Waals surface area contributed by atoms with E-state index in [1.807, 2.05) is 20.8 Å². The number of aldehydes is 1. The van der Waals surface area contributed by atoms with Gasteiger partial charge in [0.25, 0.3) is 0 Å². The fourth-order valence-electron chi connectivity index (χ4n) is 6.96. The Hall–Kier alpha value is -2.12. The third-order valence-corrected chi connectivity index (χ3v) is 8.53. The summed E-state index contributed by atoms with van der Waals surface area (Å²) in [5, 5.41) is 41.8. The number of hydrogen-bond donors (Lipinski definition) is 4. The van der Waals surface area contributed by atoms with Gasteiger partial charge in [-0.2, -0.15) is 0 Å². The van der Waals surface area contributed by atoms with Crippen molar-refractivity contribution in [3.8, 4) is 11.5 Å². The maximum Gasteiger partial charge on any atom is 0.340 e. The third kappa shape index (κ3) is 2.45. The number of carboxylic acids is 1. The van der Waals surface area contributed by atoms with Crippen LogP contribution in [0.4, 0.5) is 0 Å². The predicted molar refractivity (Wildman–Crippen MR) is 108 cm³/mol. The summed E-state index contributed by atoms with van der Waals surface area (Å²) in [6, 6.07) is 1.19. The highest BCUT2D eigenvalue weighted by molar-refractivity contribution is 6.01. The minimum Gasteiger partial charge on any atom is -0.508 e. The van der Waals surface area contributed by atoms with E-state index in [1.165, 1.54) is 6.07 Å². The highest BCUT2D eigenvalue weighted by atomic mass is 16.5. The molecule has 0 aromatic heterocycles. The van der Waals surface area contributed by atoms with Gasteiger partial charge >= 0.3 is 5.97 Å². The second-order valence-corrected chi connectivity index (χ2v) is 10.2. The Morgan fingerprint density at radius 3 is 2.50 bits per heavy atom. The number of aliphatic hydroxyl groups excluding tert-OH is 2. The summed E-state index contributed by atoms with van der Waals surface area (Å²) in [5.74, 6) is -1.34. The molecule has 2 fully saturated rings. The van der Waals surface area contributed by atoms with E-state index in [1.54, 1.807) is 0 Å². The molecule has 0 unspecified atom stereocenters. The summed E-state index contributed by atoms with van der Waals surface area (Å²) in [7, 11) is 0. The quantitative estimate of drug-likeness (QED) is 0.544. The maximum absolute atomic E-state index is 12.0. The monoisotopic (exact) mass is 418 g/mol. The Kier molecular flexibility index (Phi) is 4.53. The average molecular weight is 418 g/mol. The second kappa shape index (κ2) is 6.44. The number of aliphatic hydroxyl groups is 2. The smallest absolute Gasteiger partial charge is 0.340 e. The number of ether oxygens (including phenoxy) is 1. The first-order valence-corrected chi connectivity index (χ1v) is 10.5. The van der Waals surface area contributed by atoms with Crippen LogP contribution in [0.15, 0.2) is 6.07 Å². The van der Waals surface area contributed by atoms with E-state index in [-0.39, 0.29) is 34.5 Å². The Labute approximate surface area is 175 Å². The van der Waals surface area contributed by atoms with Crippen molar-refractivity contribution in [2.75, 3.05) is 0 Å². The minimum absolute atomic E-state index is 0.0186. The van der Waals surface area contributed by atoms with Gasteiger partial charge in [0, 0.05) is 23.0 Å². The lowest BCUT2D eigenvalue weighted by Gasteiger charge is -2.64.